The van der Waals surface area contributed by atoms with Gasteiger partial charge in [-0.2, -0.15) is 13.2 Å². The van der Waals surface area contributed by atoms with Crippen LogP contribution in [0.4, 0.5) is 13.2 Å². The lowest BCUT2D eigenvalue weighted by Crippen LogP contribution is -2.27. The van der Waals surface area contributed by atoms with Crippen molar-refractivity contribution in [1.82, 2.24) is 5.32 Å². The Balaban J connectivity index is 2.40. The smallest absolute Gasteiger partial charge is 0.372 e. The molecule has 0 radical (unpaired) electrons. The van der Waals surface area contributed by atoms with Crippen molar-refractivity contribution in [1.29, 1.82) is 0 Å². The van der Waals surface area contributed by atoms with Crippen molar-refractivity contribution in [2.45, 2.75) is 12.6 Å². The maximum absolute atomic E-state index is 12.0. The molecule has 0 saturated carbocycles. The van der Waals surface area contributed by atoms with E-state index in [1.165, 1.54) is 0 Å². The van der Waals surface area contributed by atoms with Crippen molar-refractivity contribution >= 4 is 0 Å². The molecule has 1 atom stereocenters. The van der Waals surface area contributed by atoms with Crippen LogP contribution in [0.3, 0.4) is 0 Å². The Morgan fingerprint density at radius 2 is 1.89 bits per heavy atom. The Labute approximate surface area is 105 Å². The lowest BCUT2D eigenvalue weighted by molar-refractivity contribution is -0.176. The Bertz CT molecular complexity index is 327. The number of ether oxygens (including phenoxy) is 1. The zero-order valence-corrected chi connectivity index (χ0v) is 10.3. The van der Waals surface area contributed by atoms with Gasteiger partial charge in [0.05, 0.1) is 6.61 Å². The summed E-state index contributed by atoms with van der Waals surface area (Å²) in [6.45, 7) is -0.440. The van der Waals surface area contributed by atoms with Gasteiger partial charge in [0.15, 0.2) is 0 Å². The number of rotatable bonds is 7. The van der Waals surface area contributed by atoms with Gasteiger partial charge < -0.3 is 10.1 Å². The summed E-state index contributed by atoms with van der Waals surface area (Å²) in [5, 5.41) is 2.97. The van der Waals surface area contributed by atoms with E-state index in [9.17, 15) is 13.2 Å². The fraction of sp³-hybridized carbons (Fsp3) is 0.538. The molecule has 0 saturated heterocycles. The number of hydrogen-bond donors (Lipinski definition) is 1. The largest absolute Gasteiger partial charge is 0.411 e. The first kappa shape index (κ1) is 15.0. The first-order valence-corrected chi connectivity index (χ1v) is 5.84. The molecule has 0 aromatic heterocycles. The molecule has 0 aliphatic heterocycles. The topological polar surface area (TPSA) is 21.3 Å². The van der Waals surface area contributed by atoms with Crippen LogP contribution < -0.4 is 5.32 Å². The van der Waals surface area contributed by atoms with Crippen molar-refractivity contribution in [2.75, 3.05) is 26.8 Å². The van der Waals surface area contributed by atoms with E-state index in [2.05, 4.69) is 5.32 Å². The highest BCUT2D eigenvalue weighted by Crippen LogP contribution is 2.16. The van der Waals surface area contributed by atoms with Crippen molar-refractivity contribution in [3.63, 3.8) is 0 Å². The van der Waals surface area contributed by atoms with Crippen molar-refractivity contribution < 1.29 is 17.9 Å². The first-order chi connectivity index (χ1) is 8.51. The Hall–Kier alpha value is -1.07. The van der Waals surface area contributed by atoms with Gasteiger partial charge in [-0.25, -0.2) is 0 Å². The zero-order valence-electron chi connectivity index (χ0n) is 10.3. The van der Waals surface area contributed by atoms with Gasteiger partial charge in [0.25, 0.3) is 0 Å². The molecule has 1 aromatic carbocycles. The van der Waals surface area contributed by atoms with Crippen LogP contribution in [0.5, 0.6) is 0 Å². The molecular weight excluding hydrogens is 243 g/mol. The predicted octanol–water partition coefficient (Wildman–Crippen LogP) is 2.64. The minimum atomic E-state index is -4.25. The molecule has 0 fully saturated rings. The normalized spacial score (nSPS) is 13.6. The molecule has 0 aliphatic rings. The molecule has 0 spiro atoms. The molecule has 1 N–H and O–H groups in total. The highest BCUT2D eigenvalue weighted by Gasteiger charge is 2.27. The lowest BCUT2D eigenvalue weighted by Gasteiger charge is -2.17. The Morgan fingerprint density at radius 3 is 2.44 bits per heavy atom. The van der Waals surface area contributed by atoms with Crippen LogP contribution in [0.2, 0.25) is 0 Å². The monoisotopic (exact) mass is 261 g/mol. The summed E-state index contributed by atoms with van der Waals surface area (Å²) in [4.78, 5) is 0. The first-order valence-electron chi connectivity index (χ1n) is 5.84. The second kappa shape index (κ2) is 7.38. The minimum Gasteiger partial charge on any atom is -0.372 e. The van der Waals surface area contributed by atoms with Gasteiger partial charge >= 0.3 is 6.18 Å². The molecule has 2 nitrogen and oxygen atoms in total. The molecule has 1 unspecified atom stereocenters. The third kappa shape index (κ3) is 6.61. The highest BCUT2D eigenvalue weighted by atomic mass is 19.4. The van der Waals surface area contributed by atoms with Gasteiger partial charge in [-0.05, 0) is 24.9 Å². The SMILES string of the molecule is CNCC(COCC(F)(F)F)Cc1ccccc1. The molecule has 1 aromatic rings. The highest BCUT2D eigenvalue weighted by molar-refractivity contribution is 5.15. The van der Waals surface area contributed by atoms with E-state index >= 15 is 0 Å². The summed E-state index contributed by atoms with van der Waals surface area (Å²) < 4.78 is 40.7. The van der Waals surface area contributed by atoms with Gasteiger partial charge in [-0.3, -0.25) is 0 Å². The van der Waals surface area contributed by atoms with E-state index in [0.717, 1.165) is 5.56 Å². The van der Waals surface area contributed by atoms with E-state index in [1.54, 1.807) is 7.05 Å². The molecule has 18 heavy (non-hydrogen) atoms. The van der Waals surface area contributed by atoms with E-state index in [4.69, 9.17) is 4.74 Å². The van der Waals surface area contributed by atoms with Crippen molar-refractivity contribution in [3.8, 4) is 0 Å². The van der Waals surface area contributed by atoms with Crippen LogP contribution in [-0.4, -0.2) is 33.0 Å². The zero-order chi connectivity index (χ0) is 13.4. The number of nitrogens with one attached hydrogen (secondary N) is 1. The summed E-state index contributed by atoms with van der Waals surface area (Å²) in [5.74, 6) is 0.0414. The number of benzene rings is 1. The average Bonchev–Trinajstić information content (AvgIpc) is 2.29. The van der Waals surface area contributed by atoms with Crippen LogP contribution in [0.1, 0.15) is 5.56 Å². The number of halogens is 3. The summed E-state index contributed by atoms with van der Waals surface area (Å²) in [6.07, 6.45) is -3.55. The molecule has 0 heterocycles. The number of alkyl halides is 3. The average molecular weight is 261 g/mol. The molecule has 1 rings (SSSR count). The molecule has 102 valence electrons. The van der Waals surface area contributed by atoms with Gasteiger partial charge in [0.1, 0.15) is 6.61 Å². The molecular formula is C13H18F3NO. The minimum absolute atomic E-state index is 0.0414. The van der Waals surface area contributed by atoms with E-state index in [0.29, 0.717) is 13.0 Å². The Morgan fingerprint density at radius 1 is 1.22 bits per heavy atom. The second-order valence-corrected chi connectivity index (χ2v) is 4.24. The van der Waals surface area contributed by atoms with E-state index < -0.39 is 12.8 Å². The van der Waals surface area contributed by atoms with Gasteiger partial charge in [-0.15, -0.1) is 0 Å². The van der Waals surface area contributed by atoms with Crippen LogP contribution in [0, 0.1) is 5.92 Å². The Kier molecular flexibility index (Phi) is 6.15. The standard InChI is InChI=1S/C13H18F3NO/c1-17-8-12(9-18-10-13(14,15)16)7-11-5-3-2-4-6-11/h2-6,12,17H,7-10H2,1H3. The fourth-order valence-corrected chi connectivity index (χ4v) is 1.77. The van der Waals surface area contributed by atoms with E-state index in [1.807, 2.05) is 30.3 Å². The quantitative estimate of drug-likeness (QED) is 0.814. The van der Waals surface area contributed by atoms with Crippen LogP contribution >= 0.6 is 0 Å². The van der Waals surface area contributed by atoms with Gasteiger partial charge in [0.2, 0.25) is 0 Å². The number of hydrogen-bond acceptors (Lipinski definition) is 2. The fourth-order valence-electron chi connectivity index (χ4n) is 1.77. The molecule has 0 aliphatic carbocycles. The molecule has 5 heteroatoms. The van der Waals surface area contributed by atoms with Gasteiger partial charge in [0, 0.05) is 6.54 Å². The third-order valence-corrected chi connectivity index (χ3v) is 2.48. The summed E-state index contributed by atoms with van der Waals surface area (Å²) in [7, 11) is 1.78. The maximum Gasteiger partial charge on any atom is 0.411 e. The van der Waals surface area contributed by atoms with Crippen LogP contribution in [0.25, 0.3) is 0 Å². The second-order valence-electron chi connectivity index (χ2n) is 4.24. The van der Waals surface area contributed by atoms with Crippen molar-refractivity contribution in [3.05, 3.63) is 35.9 Å². The summed E-state index contributed by atoms with van der Waals surface area (Å²) >= 11 is 0. The predicted molar refractivity (Wildman–Crippen MR) is 64.4 cm³/mol. The van der Waals surface area contributed by atoms with Gasteiger partial charge in [-0.1, -0.05) is 30.3 Å². The van der Waals surface area contributed by atoms with Crippen LogP contribution in [-0.2, 0) is 11.2 Å². The lowest BCUT2D eigenvalue weighted by atomic mass is 10.0. The van der Waals surface area contributed by atoms with Crippen molar-refractivity contribution in [2.24, 2.45) is 5.92 Å². The summed E-state index contributed by atoms with van der Waals surface area (Å²) in [5.41, 5.74) is 1.10. The third-order valence-electron chi connectivity index (χ3n) is 2.48. The van der Waals surface area contributed by atoms with Crippen LogP contribution in [0.15, 0.2) is 30.3 Å². The summed E-state index contributed by atoms with van der Waals surface area (Å²) in [6, 6.07) is 9.68. The molecule has 0 bridgehead atoms. The van der Waals surface area contributed by atoms with E-state index in [-0.39, 0.29) is 12.5 Å². The maximum atomic E-state index is 12.0. The molecule has 0 amide bonds.